The molecular formula is C21H24ClN5OS. The van der Waals surface area contributed by atoms with Gasteiger partial charge in [-0.25, -0.2) is 9.67 Å². The van der Waals surface area contributed by atoms with Crippen molar-refractivity contribution in [3.8, 4) is 16.4 Å². The molecule has 0 atom stereocenters. The molecule has 0 aliphatic heterocycles. The summed E-state index contributed by atoms with van der Waals surface area (Å²) in [6.45, 7) is 3.82. The Morgan fingerprint density at radius 2 is 1.97 bits per heavy atom. The third kappa shape index (κ3) is 4.36. The summed E-state index contributed by atoms with van der Waals surface area (Å²) in [5, 5.41) is 13.1. The molecule has 1 aromatic carbocycles. The number of amides is 1. The monoisotopic (exact) mass is 429 g/mol. The molecule has 0 bridgehead atoms. The minimum Gasteiger partial charge on any atom is -0.349 e. The fraction of sp³-hybridized carbons (Fsp3) is 0.429. The van der Waals surface area contributed by atoms with Gasteiger partial charge in [0.25, 0.3) is 5.91 Å². The standard InChI is InChI=1S/C21H24ClN5OS/c1-13-19(20(28)24-16-9-5-3-4-6-10-16)29-21(23-13)18-14(2)27(26-25-18)17-11-7-8-15(22)12-17/h7-8,11-12,16H,3-6,9-10H2,1-2H3,(H,24,28). The van der Waals surface area contributed by atoms with Crippen molar-refractivity contribution in [3.05, 3.63) is 45.6 Å². The zero-order valence-electron chi connectivity index (χ0n) is 16.6. The van der Waals surface area contributed by atoms with Crippen LogP contribution >= 0.6 is 22.9 Å². The molecule has 8 heteroatoms. The zero-order chi connectivity index (χ0) is 20.4. The lowest BCUT2D eigenvalue weighted by Crippen LogP contribution is -2.34. The molecule has 0 spiro atoms. The summed E-state index contributed by atoms with van der Waals surface area (Å²) in [6.07, 6.45) is 7.01. The number of aryl methyl sites for hydroxylation is 1. The van der Waals surface area contributed by atoms with Crippen LogP contribution in [0, 0.1) is 13.8 Å². The highest BCUT2D eigenvalue weighted by Crippen LogP contribution is 2.30. The lowest BCUT2D eigenvalue weighted by atomic mass is 10.1. The Hall–Kier alpha value is -2.25. The second-order valence-electron chi connectivity index (χ2n) is 7.51. The number of halogens is 1. The molecule has 1 N–H and O–H groups in total. The fourth-order valence-electron chi connectivity index (χ4n) is 3.76. The summed E-state index contributed by atoms with van der Waals surface area (Å²) in [6, 6.07) is 7.73. The summed E-state index contributed by atoms with van der Waals surface area (Å²) in [7, 11) is 0. The van der Waals surface area contributed by atoms with Gasteiger partial charge in [-0.05, 0) is 44.9 Å². The quantitative estimate of drug-likeness (QED) is 0.584. The first-order valence-electron chi connectivity index (χ1n) is 10.00. The van der Waals surface area contributed by atoms with Gasteiger partial charge in [0.1, 0.15) is 15.6 Å². The first-order valence-corrected chi connectivity index (χ1v) is 11.2. The maximum absolute atomic E-state index is 12.8. The molecule has 0 unspecified atom stereocenters. The highest BCUT2D eigenvalue weighted by molar-refractivity contribution is 7.17. The minimum absolute atomic E-state index is 0.0296. The SMILES string of the molecule is Cc1nc(-c2nnn(-c3cccc(Cl)c3)c2C)sc1C(=O)NC1CCCCCC1. The molecule has 1 amide bonds. The third-order valence-corrected chi connectivity index (χ3v) is 6.74. The van der Waals surface area contributed by atoms with Gasteiger partial charge in [0.15, 0.2) is 0 Å². The van der Waals surface area contributed by atoms with Crippen LogP contribution in [-0.2, 0) is 0 Å². The Kier molecular flexibility index (Phi) is 5.96. The maximum atomic E-state index is 12.8. The van der Waals surface area contributed by atoms with Gasteiger partial charge in [-0.2, -0.15) is 0 Å². The average Bonchev–Trinajstić information content (AvgIpc) is 3.15. The number of thiazole rings is 1. The Bertz CT molecular complexity index is 1020. The molecule has 2 aromatic heterocycles. The molecule has 6 nitrogen and oxygen atoms in total. The van der Waals surface area contributed by atoms with Gasteiger partial charge in [-0.3, -0.25) is 4.79 Å². The van der Waals surface area contributed by atoms with Crippen molar-refractivity contribution in [2.75, 3.05) is 0 Å². The maximum Gasteiger partial charge on any atom is 0.263 e. The second kappa shape index (κ2) is 8.63. The number of carbonyl (C=O) groups is 1. The van der Waals surface area contributed by atoms with E-state index in [1.807, 2.05) is 38.1 Å². The van der Waals surface area contributed by atoms with E-state index in [1.54, 1.807) is 4.68 Å². The van der Waals surface area contributed by atoms with Gasteiger partial charge in [-0.1, -0.05) is 48.6 Å². The van der Waals surface area contributed by atoms with E-state index in [4.69, 9.17) is 11.6 Å². The normalized spacial score (nSPS) is 15.3. The van der Waals surface area contributed by atoms with E-state index in [-0.39, 0.29) is 11.9 Å². The van der Waals surface area contributed by atoms with Crippen molar-refractivity contribution in [2.24, 2.45) is 0 Å². The van der Waals surface area contributed by atoms with E-state index in [2.05, 4.69) is 20.6 Å². The number of nitrogens with zero attached hydrogens (tertiary/aromatic N) is 4. The molecule has 2 heterocycles. The Balaban J connectivity index is 1.57. The summed E-state index contributed by atoms with van der Waals surface area (Å²) < 4.78 is 1.74. The summed E-state index contributed by atoms with van der Waals surface area (Å²) >= 11 is 7.48. The van der Waals surface area contributed by atoms with Gasteiger partial charge in [0.05, 0.1) is 17.1 Å². The van der Waals surface area contributed by atoms with Crippen LogP contribution in [0.4, 0.5) is 0 Å². The number of aromatic nitrogens is 4. The van der Waals surface area contributed by atoms with E-state index in [0.29, 0.717) is 20.6 Å². The largest absolute Gasteiger partial charge is 0.349 e. The van der Waals surface area contributed by atoms with Gasteiger partial charge in [0, 0.05) is 11.1 Å². The predicted octanol–water partition coefficient (Wildman–Crippen LogP) is 5.11. The number of benzene rings is 1. The molecule has 152 valence electrons. The fourth-order valence-corrected chi connectivity index (χ4v) is 4.95. The average molecular weight is 430 g/mol. The van der Waals surface area contributed by atoms with E-state index < -0.39 is 0 Å². The minimum atomic E-state index is -0.0296. The Morgan fingerprint density at radius 1 is 1.21 bits per heavy atom. The van der Waals surface area contributed by atoms with Crippen molar-refractivity contribution in [1.29, 1.82) is 0 Å². The van der Waals surface area contributed by atoms with Crippen LogP contribution in [0.5, 0.6) is 0 Å². The van der Waals surface area contributed by atoms with Crippen LogP contribution in [0.3, 0.4) is 0 Å². The molecule has 1 aliphatic carbocycles. The highest BCUT2D eigenvalue weighted by atomic mass is 35.5. The van der Waals surface area contributed by atoms with Gasteiger partial charge in [-0.15, -0.1) is 16.4 Å². The van der Waals surface area contributed by atoms with Gasteiger partial charge >= 0.3 is 0 Å². The molecule has 1 fully saturated rings. The first-order chi connectivity index (χ1) is 14.0. The lowest BCUT2D eigenvalue weighted by molar-refractivity contribution is 0.0936. The van der Waals surface area contributed by atoms with Crippen LogP contribution in [0.2, 0.25) is 5.02 Å². The van der Waals surface area contributed by atoms with Crippen molar-refractivity contribution in [3.63, 3.8) is 0 Å². The summed E-state index contributed by atoms with van der Waals surface area (Å²) in [5.74, 6) is -0.0296. The second-order valence-corrected chi connectivity index (χ2v) is 8.95. The van der Waals surface area contributed by atoms with Crippen LogP contribution < -0.4 is 5.32 Å². The summed E-state index contributed by atoms with van der Waals surface area (Å²) in [4.78, 5) is 18.1. The molecule has 1 aliphatic rings. The van der Waals surface area contributed by atoms with Gasteiger partial charge in [0.2, 0.25) is 0 Å². The van der Waals surface area contributed by atoms with E-state index in [0.717, 1.165) is 29.9 Å². The molecule has 0 saturated heterocycles. The molecule has 4 rings (SSSR count). The summed E-state index contributed by atoms with van der Waals surface area (Å²) in [5.41, 5.74) is 3.12. The predicted molar refractivity (Wildman–Crippen MR) is 116 cm³/mol. The molecule has 1 saturated carbocycles. The van der Waals surface area contributed by atoms with Crippen LogP contribution in [0.25, 0.3) is 16.4 Å². The number of nitrogens with one attached hydrogen (secondary N) is 1. The lowest BCUT2D eigenvalue weighted by Gasteiger charge is -2.15. The molecule has 3 aromatic rings. The van der Waals surface area contributed by atoms with Crippen molar-refractivity contribution >= 4 is 28.8 Å². The number of hydrogen-bond donors (Lipinski definition) is 1. The van der Waals surface area contributed by atoms with Crippen molar-refractivity contribution in [1.82, 2.24) is 25.3 Å². The molecule has 29 heavy (non-hydrogen) atoms. The first kappa shape index (κ1) is 20.0. The van der Waals surface area contributed by atoms with Crippen LogP contribution in [0.1, 0.15) is 59.6 Å². The van der Waals surface area contributed by atoms with Crippen LogP contribution in [0.15, 0.2) is 24.3 Å². The smallest absolute Gasteiger partial charge is 0.263 e. The molecular weight excluding hydrogens is 406 g/mol. The van der Waals surface area contributed by atoms with Gasteiger partial charge < -0.3 is 5.32 Å². The van der Waals surface area contributed by atoms with Crippen LogP contribution in [-0.4, -0.2) is 31.9 Å². The number of carbonyl (C=O) groups excluding carboxylic acids is 1. The third-order valence-electron chi connectivity index (χ3n) is 5.34. The zero-order valence-corrected chi connectivity index (χ0v) is 18.2. The molecule has 0 radical (unpaired) electrons. The number of hydrogen-bond acceptors (Lipinski definition) is 5. The highest BCUT2D eigenvalue weighted by Gasteiger charge is 2.23. The van der Waals surface area contributed by atoms with Crippen molar-refractivity contribution in [2.45, 2.75) is 58.4 Å². The Labute approximate surface area is 179 Å². The van der Waals surface area contributed by atoms with E-state index >= 15 is 0 Å². The Morgan fingerprint density at radius 3 is 2.69 bits per heavy atom. The van der Waals surface area contributed by atoms with E-state index in [1.165, 1.54) is 37.0 Å². The van der Waals surface area contributed by atoms with Crippen molar-refractivity contribution < 1.29 is 4.79 Å². The number of rotatable bonds is 4. The van der Waals surface area contributed by atoms with E-state index in [9.17, 15) is 4.79 Å². The topological polar surface area (TPSA) is 72.7 Å².